The number of amides is 1. The minimum Gasteiger partial charge on any atom is -0.478 e. The highest BCUT2D eigenvalue weighted by atomic mass is 32.2. The molecule has 7 nitrogen and oxygen atoms in total. The van der Waals surface area contributed by atoms with E-state index < -0.39 is 21.9 Å². The van der Waals surface area contributed by atoms with E-state index in [2.05, 4.69) is 5.32 Å². The standard InChI is InChI=1S/C18H18N2O5S/c1-12-15(18(22)23)7-3-8-16(12)19-17(21)13-5-2-6-14(11-13)20-9-4-10-26(20,24)25/h2-3,5-8,11H,4,9-10H2,1H3,(H,19,21)(H,22,23). The Morgan fingerprint density at radius 1 is 1.15 bits per heavy atom. The van der Waals surface area contributed by atoms with Crippen molar-refractivity contribution in [3.05, 3.63) is 59.2 Å². The third-order valence-corrected chi connectivity index (χ3v) is 6.18. The van der Waals surface area contributed by atoms with Gasteiger partial charge in [0.15, 0.2) is 0 Å². The lowest BCUT2D eigenvalue weighted by Gasteiger charge is -2.17. The molecular weight excluding hydrogens is 356 g/mol. The Hall–Kier alpha value is -2.87. The Labute approximate surface area is 151 Å². The van der Waals surface area contributed by atoms with E-state index >= 15 is 0 Å². The van der Waals surface area contributed by atoms with Gasteiger partial charge in [-0.1, -0.05) is 12.1 Å². The Morgan fingerprint density at radius 2 is 1.88 bits per heavy atom. The molecule has 0 unspecified atom stereocenters. The molecule has 1 fully saturated rings. The molecule has 26 heavy (non-hydrogen) atoms. The maximum atomic E-state index is 12.5. The molecule has 0 spiro atoms. The van der Waals surface area contributed by atoms with Gasteiger partial charge in [0, 0.05) is 17.8 Å². The minimum atomic E-state index is -3.33. The molecule has 8 heteroatoms. The first-order chi connectivity index (χ1) is 12.3. The number of anilines is 2. The maximum Gasteiger partial charge on any atom is 0.336 e. The molecule has 0 aliphatic carbocycles. The highest BCUT2D eigenvalue weighted by Crippen LogP contribution is 2.25. The molecule has 0 bridgehead atoms. The number of nitrogens with zero attached hydrogens (tertiary/aromatic N) is 1. The number of hydrogen-bond donors (Lipinski definition) is 2. The van der Waals surface area contributed by atoms with Gasteiger partial charge in [-0.15, -0.1) is 0 Å². The topological polar surface area (TPSA) is 104 Å². The van der Waals surface area contributed by atoms with Crippen LogP contribution in [0.3, 0.4) is 0 Å². The maximum absolute atomic E-state index is 12.5. The van der Waals surface area contributed by atoms with E-state index in [-0.39, 0.29) is 11.3 Å². The third kappa shape index (κ3) is 3.41. The smallest absolute Gasteiger partial charge is 0.336 e. The molecular formula is C18H18N2O5S. The van der Waals surface area contributed by atoms with Crippen LogP contribution in [0.25, 0.3) is 0 Å². The molecule has 0 aromatic heterocycles. The summed E-state index contributed by atoms with van der Waals surface area (Å²) in [5.41, 5.74) is 1.70. The van der Waals surface area contributed by atoms with E-state index in [4.69, 9.17) is 0 Å². The predicted octanol–water partition coefficient (Wildman–Crippen LogP) is 2.49. The Balaban J connectivity index is 1.87. The average molecular weight is 374 g/mol. The van der Waals surface area contributed by atoms with Crippen molar-refractivity contribution in [2.24, 2.45) is 0 Å². The second kappa shape index (κ2) is 6.80. The summed E-state index contributed by atoms with van der Waals surface area (Å²) in [4.78, 5) is 23.8. The number of aromatic carboxylic acids is 1. The van der Waals surface area contributed by atoms with Gasteiger partial charge in [0.05, 0.1) is 17.0 Å². The number of rotatable bonds is 4. The Morgan fingerprint density at radius 3 is 2.54 bits per heavy atom. The van der Waals surface area contributed by atoms with Gasteiger partial charge in [-0.25, -0.2) is 13.2 Å². The van der Waals surface area contributed by atoms with Gasteiger partial charge in [-0.3, -0.25) is 9.10 Å². The summed E-state index contributed by atoms with van der Waals surface area (Å²) in [6.45, 7) is 2.01. The van der Waals surface area contributed by atoms with Crippen LogP contribution < -0.4 is 9.62 Å². The Bertz CT molecular complexity index is 985. The summed E-state index contributed by atoms with van der Waals surface area (Å²) < 4.78 is 25.4. The fraction of sp³-hybridized carbons (Fsp3) is 0.222. The average Bonchev–Trinajstić information content (AvgIpc) is 2.95. The van der Waals surface area contributed by atoms with Crippen LogP contribution in [-0.2, 0) is 10.0 Å². The first-order valence-electron chi connectivity index (χ1n) is 8.04. The summed E-state index contributed by atoms with van der Waals surface area (Å²) in [7, 11) is -3.33. The van der Waals surface area contributed by atoms with Crippen molar-refractivity contribution in [3.8, 4) is 0 Å². The van der Waals surface area contributed by atoms with E-state index in [1.165, 1.54) is 16.4 Å². The van der Waals surface area contributed by atoms with Crippen molar-refractivity contribution in [1.82, 2.24) is 0 Å². The van der Waals surface area contributed by atoms with Crippen LogP contribution >= 0.6 is 0 Å². The van der Waals surface area contributed by atoms with Crippen molar-refractivity contribution < 1.29 is 23.1 Å². The van der Waals surface area contributed by atoms with Gasteiger partial charge < -0.3 is 10.4 Å². The van der Waals surface area contributed by atoms with Gasteiger partial charge in [-0.2, -0.15) is 0 Å². The molecule has 3 rings (SSSR count). The number of hydrogen-bond acceptors (Lipinski definition) is 4. The highest BCUT2D eigenvalue weighted by molar-refractivity contribution is 7.93. The van der Waals surface area contributed by atoms with Gasteiger partial charge in [0.25, 0.3) is 5.91 Å². The summed E-state index contributed by atoms with van der Waals surface area (Å²) in [5, 5.41) is 11.9. The largest absolute Gasteiger partial charge is 0.478 e. The zero-order valence-corrected chi connectivity index (χ0v) is 14.9. The van der Waals surface area contributed by atoms with E-state index in [0.29, 0.717) is 35.5 Å². The zero-order chi connectivity index (χ0) is 18.9. The third-order valence-electron chi connectivity index (χ3n) is 4.31. The molecule has 1 saturated heterocycles. The van der Waals surface area contributed by atoms with Crippen LogP contribution in [0.15, 0.2) is 42.5 Å². The molecule has 0 radical (unpaired) electrons. The number of carbonyl (C=O) groups excluding carboxylic acids is 1. The van der Waals surface area contributed by atoms with Crippen LogP contribution in [0, 0.1) is 6.92 Å². The first kappa shape index (κ1) is 17.9. The number of carboxylic acid groups (broad SMARTS) is 1. The van der Waals surface area contributed by atoms with Gasteiger partial charge in [0.2, 0.25) is 10.0 Å². The van der Waals surface area contributed by atoms with Crippen molar-refractivity contribution in [2.45, 2.75) is 13.3 Å². The van der Waals surface area contributed by atoms with E-state index in [1.54, 1.807) is 37.3 Å². The van der Waals surface area contributed by atoms with Gasteiger partial charge >= 0.3 is 5.97 Å². The number of sulfonamides is 1. The molecule has 1 aliphatic rings. The van der Waals surface area contributed by atoms with E-state index in [0.717, 1.165) is 0 Å². The van der Waals surface area contributed by atoms with Crippen LogP contribution in [-0.4, -0.2) is 37.7 Å². The molecule has 2 aromatic rings. The molecule has 1 aliphatic heterocycles. The quantitative estimate of drug-likeness (QED) is 0.856. The van der Waals surface area contributed by atoms with Crippen LogP contribution in [0.5, 0.6) is 0 Å². The van der Waals surface area contributed by atoms with Gasteiger partial charge in [0.1, 0.15) is 0 Å². The molecule has 2 aromatic carbocycles. The predicted molar refractivity (Wildman–Crippen MR) is 98.3 cm³/mol. The SMILES string of the molecule is Cc1c(NC(=O)c2cccc(N3CCCS3(=O)=O)c2)cccc1C(=O)O. The van der Waals surface area contributed by atoms with Crippen molar-refractivity contribution in [1.29, 1.82) is 0 Å². The van der Waals surface area contributed by atoms with E-state index in [9.17, 15) is 23.1 Å². The molecule has 1 amide bonds. The van der Waals surface area contributed by atoms with Crippen LogP contribution in [0.1, 0.15) is 32.7 Å². The monoisotopic (exact) mass is 374 g/mol. The number of carboxylic acids is 1. The number of benzene rings is 2. The summed E-state index contributed by atoms with van der Waals surface area (Å²) in [5.74, 6) is -1.40. The van der Waals surface area contributed by atoms with Gasteiger partial charge in [-0.05, 0) is 49.2 Å². The summed E-state index contributed by atoms with van der Waals surface area (Å²) in [6, 6.07) is 11.0. The summed E-state index contributed by atoms with van der Waals surface area (Å²) >= 11 is 0. The molecule has 0 saturated carbocycles. The first-order valence-corrected chi connectivity index (χ1v) is 9.65. The number of nitrogens with one attached hydrogen (secondary N) is 1. The molecule has 136 valence electrons. The molecule has 1 heterocycles. The van der Waals surface area contributed by atoms with Crippen molar-refractivity contribution in [3.63, 3.8) is 0 Å². The highest BCUT2D eigenvalue weighted by Gasteiger charge is 2.28. The minimum absolute atomic E-state index is 0.102. The molecule has 0 atom stereocenters. The number of carbonyl (C=O) groups is 2. The van der Waals surface area contributed by atoms with E-state index in [1.807, 2.05) is 0 Å². The fourth-order valence-electron chi connectivity index (χ4n) is 2.93. The van der Waals surface area contributed by atoms with Crippen molar-refractivity contribution in [2.75, 3.05) is 21.9 Å². The van der Waals surface area contributed by atoms with Crippen LogP contribution in [0.2, 0.25) is 0 Å². The van der Waals surface area contributed by atoms with Crippen molar-refractivity contribution >= 4 is 33.3 Å². The lowest BCUT2D eigenvalue weighted by atomic mass is 10.1. The zero-order valence-electron chi connectivity index (χ0n) is 14.1. The fourth-order valence-corrected chi connectivity index (χ4v) is 4.49. The Kier molecular flexibility index (Phi) is 4.69. The lowest BCUT2D eigenvalue weighted by Crippen LogP contribution is -2.25. The summed E-state index contributed by atoms with van der Waals surface area (Å²) in [6.07, 6.45) is 0.555. The lowest BCUT2D eigenvalue weighted by molar-refractivity contribution is 0.0695. The normalized spacial score (nSPS) is 15.7. The molecule has 2 N–H and O–H groups in total. The second-order valence-electron chi connectivity index (χ2n) is 6.03. The second-order valence-corrected chi connectivity index (χ2v) is 8.04. The van der Waals surface area contributed by atoms with Crippen LogP contribution in [0.4, 0.5) is 11.4 Å².